The van der Waals surface area contributed by atoms with E-state index in [1.807, 2.05) is 32.2 Å². The van der Waals surface area contributed by atoms with Crippen LogP contribution in [0, 0.1) is 6.92 Å². The highest BCUT2D eigenvalue weighted by atomic mass is 16.3. The number of phenols is 1. The summed E-state index contributed by atoms with van der Waals surface area (Å²) in [6.45, 7) is 1.99. The molecule has 6 heteroatoms. The molecule has 0 saturated carbocycles. The third kappa shape index (κ3) is 2.24. The zero-order valence-corrected chi connectivity index (χ0v) is 12.3. The molecule has 3 rings (SSSR count). The number of primary amides is 1. The minimum absolute atomic E-state index is 0.129. The Kier molecular flexibility index (Phi) is 3.21. The summed E-state index contributed by atoms with van der Waals surface area (Å²) in [5, 5.41) is 14.8. The number of amides is 2. The van der Waals surface area contributed by atoms with Crippen LogP contribution < -0.4 is 10.6 Å². The number of carbonyl (C=O) groups excluding carboxylic acids is 1. The Balaban J connectivity index is 2.12. The SMILES string of the molecule is Cc1c2ccc(N(C(N)=O)c3ccc(O)cc3)cc2nn1C. The number of benzene rings is 2. The number of fused-ring (bicyclic) bond motifs is 1. The minimum atomic E-state index is -0.599. The van der Waals surface area contributed by atoms with E-state index in [0.717, 1.165) is 16.6 Å². The molecule has 0 spiro atoms. The lowest BCUT2D eigenvalue weighted by Gasteiger charge is -2.20. The fraction of sp³-hybridized carbons (Fsp3) is 0.125. The number of aromatic nitrogens is 2. The number of rotatable bonds is 2. The van der Waals surface area contributed by atoms with Crippen molar-refractivity contribution in [3.05, 3.63) is 48.2 Å². The summed E-state index contributed by atoms with van der Waals surface area (Å²) < 4.78 is 1.80. The van der Waals surface area contributed by atoms with E-state index in [1.54, 1.807) is 16.8 Å². The molecule has 22 heavy (non-hydrogen) atoms. The second-order valence-electron chi connectivity index (χ2n) is 5.10. The van der Waals surface area contributed by atoms with Gasteiger partial charge in [0.25, 0.3) is 0 Å². The predicted molar refractivity (Wildman–Crippen MR) is 85.3 cm³/mol. The summed E-state index contributed by atoms with van der Waals surface area (Å²) in [4.78, 5) is 13.2. The van der Waals surface area contributed by atoms with E-state index in [2.05, 4.69) is 5.10 Å². The van der Waals surface area contributed by atoms with Gasteiger partial charge in [0.15, 0.2) is 0 Å². The average Bonchev–Trinajstić information content (AvgIpc) is 2.76. The number of anilines is 2. The Hall–Kier alpha value is -3.02. The van der Waals surface area contributed by atoms with Gasteiger partial charge in [0, 0.05) is 18.1 Å². The van der Waals surface area contributed by atoms with Gasteiger partial charge in [-0.1, -0.05) is 0 Å². The highest BCUT2D eigenvalue weighted by molar-refractivity contribution is 6.00. The lowest BCUT2D eigenvalue weighted by molar-refractivity contribution is 0.256. The van der Waals surface area contributed by atoms with Crippen LogP contribution in [0.2, 0.25) is 0 Å². The number of carbonyl (C=O) groups is 1. The summed E-state index contributed by atoms with van der Waals surface area (Å²) >= 11 is 0. The standard InChI is InChI=1S/C16H16N4O2/c1-10-14-8-5-12(9-15(14)18-19(10)2)20(16(17)22)11-3-6-13(21)7-4-11/h3-9,21H,1-2H3,(H2,17,22). The minimum Gasteiger partial charge on any atom is -0.508 e. The summed E-state index contributed by atoms with van der Waals surface area (Å²) in [6.07, 6.45) is 0. The van der Waals surface area contributed by atoms with Gasteiger partial charge in [-0.25, -0.2) is 4.79 Å². The lowest BCUT2D eigenvalue weighted by atomic mass is 10.1. The third-order valence-corrected chi connectivity index (χ3v) is 3.70. The molecule has 112 valence electrons. The van der Waals surface area contributed by atoms with Crippen LogP contribution in [0.4, 0.5) is 16.2 Å². The van der Waals surface area contributed by atoms with Crippen LogP contribution in [0.5, 0.6) is 5.75 Å². The molecule has 6 nitrogen and oxygen atoms in total. The lowest BCUT2D eigenvalue weighted by Crippen LogP contribution is -2.31. The van der Waals surface area contributed by atoms with Gasteiger partial charge in [0.2, 0.25) is 0 Å². The topological polar surface area (TPSA) is 84.4 Å². The van der Waals surface area contributed by atoms with Gasteiger partial charge >= 0.3 is 6.03 Å². The molecule has 3 N–H and O–H groups in total. The molecular formula is C16H16N4O2. The number of hydrogen-bond donors (Lipinski definition) is 2. The Labute approximate surface area is 127 Å². The van der Waals surface area contributed by atoms with Crippen LogP contribution in [-0.4, -0.2) is 20.9 Å². The van der Waals surface area contributed by atoms with Crippen LogP contribution in [0.15, 0.2) is 42.5 Å². The van der Waals surface area contributed by atoms with E-state index in [4.69, 9.17) is 5.73 Å². The predicted octanol–water partition coefficient (Wildman–Crippen LogP) is 2.80. The Morgan fingerprint density at radius 1 is 1.18 bits per heavy atom. The summed E-state index contributed by atoms with van der Waals surface area (Å²) in [5.74, 6) is 0.129. The third-order valence-electron chi connectivity index (χ3n) is 3.70. The molecule has 0 fully saturated rings. The number of phenolic OH excluding ortho intramolecular Hbond substituents is 1. The zero-order valence-electron chi connectivity index (χ0n) is 12.3. The molecule has 0 atom stereocenters. The number of aromatic hydroxyl groups is 1. The molecule has 0 aliphatic heterocycles. The van der Waals surface area contributed by atoms with Gasteiger partial charge in [0.05, 0.1) is 16.9 Å². The van der Waals surface area contributed by atoms with E-state index in [-0.39, 0.29) is 5.75 Å². The van der Waals surface area contributed by atoms with Gasteiger partial charge in [0.1, 0.15) is 5.75 Å². The smallest absolute Gasteiger partial charge is 0.323 e. The van der Waals surface area contributed by atoms with Crippen LogP contribution in [0.3, 0.4) is 0 Å². The number of nitrogens with two attached hydrogens (primary N) is 1. The van der Waals surface area contributed by atoms with Crippen LogP contribution >= 0.6 is 0 Å². The van der Waals surface area contributed by atoms with Crippen molar-refractivity contribution in [2.24, 2.45) is 12.8 Å². The molecule has 0 aliphatic carbocycles. The highest BCUT2D eigenvalue weighted by Gasteiger charge is 2.16. The van der Waals surface area contributed by atoms with Crippen LogP contribution in [-0.2, 0) is 7.05 Å². The maximum Gasteiger partial charge on any atom is 0.323 e. The summed E-state index contributed by atoms with van der Waals surface area (Å²) in [6, 6.07) is 11.3. The quantitative estimate of drug-likeness (QED) is 0.762. The maximum absolute atomic E-state index is 11.9. The average molecular weight is 296 g/mol. The monoisotopic (exact) mass is 296 g/mol. The normalized spacial score (nSPS) is 10.8. The molecule has 2 amide bonds. The molecule has 0 radical (unpaired) electrons. The fourth-order valence-corrected chi connectivity index (χ4v) is 2.46. The van der Waals surface area contributed by atoms with Crippen molar-refractivity contribution < 1.29 is 9.90 Å². The van der Waals surface area contributed by atoms with Crippen molar-refractivity contribution in [1.82, 2.24) is 9.78 Å². The fourth-order valence-electron chi connectivity index (χ4n) is 2.46. The van der Waals surface area contributed by atoms with Crippen molar-refractivity contribution in [1.29, 1.82) is 0 Å². The van der Waals surface area contributed by atoms with E-state index < -0.39 is 6.03 Å². The van der Waals surface area contributed by atoms with Crippen LogP contribution in [0.1, 0.15) is 5.69 Å². The number of nitrogens with zero attached hydrogens (tertiary/aromatic N) is 3. The van der Waals surface area contributed by atoms with Gasteiger partial charge in [-0.3, -0.25) is 9.58 Å². The first kappa shape index (κ1) is 13.9. The molecule has 1 heterocycles. The Morgan fingerprint density at radius 3 is 2.45 bits per heavy atom. The zero-order chi connectivity index (χ0) is 15.9. The molecule has 0 aliphatic rings. The first-order valence-electron chi connectivity index (χ1n) is 6.79. The summed E-state index contributed by atoms with van der Waals surface area (Å²) in [7, 11) is 1.88. The summed E-state index contributed by atoms with van der Waals surface area (Å²) in [5.41, 5.74) is 8.57. The van der Waals surface area contributed by atoms with Gasteiger partial charge in [-0.05, 0) is 49.4 Å². The Bertz CT molecular complexity index is 852. The molecule has 3 aromatic rings. The second kappa shape index (κ2) is 5.07. The molecule has 0 saturated heterocycles. The first-order chi connectivity index (χ1) is 10.5. The second-order valence-corrected chi connectivity index (χ2v) is 5.10. The van der Waals surface area contributed by atoms with Crippen molar-refractivity contribution in [3.8, 4) is 5.75 Å². The van der Waals surface area contributed by atoms with Gasteiger partial charge in [-0.15, -0.1) is 0 Å². The van der Waals surface area contributed by atoms with E-state index in [9.17, 15) is 9.90 Å². The highest BCUT2D eigenvalue weighted by Crippen LogP contribution is 2.30. The van der Waals surface area contributed by atoms with Crippen molar-refractivity contribution in [2.75, 3.05) is 4.90 Å². The van der Waals surface area contributed by atoms with Crippen LogP contribution in [0.25, 0.3) is 10.9 Å². The van der Waals surface area contributed by atoms with E-state index in [0.29, 0.717) is 11.4 Å². The van der Waals surface area contributed by atoms with Gasteiger partial charge < -0.3 is 10.8 Å². The largest absolute Gasteiger partial charge is 0.508 e. The molecule has 2 aromatic carbocycles. The number of hydrogen-bond acceptors (Lipinski definition) is 3. The molecule has 1 aromatic heterocycles. The van der Waals surface area contributed by atoms with Crippen molar-refractivity contribution in [2.45, 2.75) is 6.92 Å². The van der Waals surface area contributed by atoms with E-state index in [1.165, 1.54) is 17.0 Å². The van der Waals surface area contributed by atoms with Gasteiger partial charge in [-0.2, -0.15) is 5.10 Å². The van der Waals surface area contributed by atoms with Crippen molar-refractivity contribution >= 4 is 28.3 Å². The molecular weight excluding hydrogens is 280 g/mol. The number of urea groups is 1. The maximum atomic E-state index is 11.9. The molecule has 0 unspecified atom stereocenters. The number of aryl methyl sites for hydroxylation is 2. The van der Waals surface area contributed by atoms with Crippen molar-refractivity contribution in [3.63, 3.8) is 0 Å². The Morgan fingerprint density at radius 2 is 1.82 bits per heavy atom. The first-order valence-corrected chi connectivity index (χ1v) is 6.79. The van der Waals surface area contributed by atoms with E-state index >= 15 is 0 Å². The molecule has 0 bridgehead atoms.